The van der Waals surface area contributed by atoms with E-state index in [-0.39, 0.29) is 16.7 Å². The SMILES string of the molecule is CCCNC(=O)c1ccc(Sc2ccc(NS(=O)(=O)c3ccc(NC(=O)CC)cc3)cc2)nc1. The fourth-order valence-electron chi connectivity index (χ4n) is 2.81. The van der Waals surface area contributed by atoms with E-state index in [1.54, 1.807) is 55.5 Å². The lowest BCUT2D eigenvalue weighted by Gasteiger charge is -2.10. The molecule has 3 N–H and O–H groups in total. The monoisotopic (exact) mass is 498 g/mol. The molecule has 3 rings (SSSR count). The first-order chi connectivity index (χ1) is 16.3. The maximum Gasteiger partial charge on any atom is 0.261 e. The van der Waals surface area contributed by atoms with Gasteiger partial charge in [0.05, 0.1) is 10.5 Å². The fraction of sp³-hybridized carbons (Fsp3) is 0.208. The highest BCUT2D eigenvalue weighted by molar-refractivity contribution is 7.99. The number of anilines is 2. The zero-order valence-electron chi connectivity index (χ0n) is 18.9. The molecule has 0 aliphatic heterocycles. The van der Waals surface area contributed by atoms with E-state index in [0.29, 0.717) is 29.9 Å². The molecular weight excluding hydrogens is 472 g/mol. The zero-order valence-corrected chi connectivity index (χ0v) is 20.5. The van der Waals surface area contributed by atoms with Crippen molar-refractivity contribution in [2.75, 3.05) is 16.6 Å². The van der Waals surface area contributed by atoms with Gasteiger partial charge in [-0.3, -0.25) is 14.3 Å². The number of carbonyl (C=O) groups is 2. The summed E-state index contributed by atoms with van der Waals surface area (Å²) >= 11 is 1.40. The van der Waals surface area contributed by atoms with Crippen LogP contribution in [0.5, 0.6) is 0 Å². The van der Waals surface area contributed by atoms with Crippen molar-refractivity contribution in [3.63, 3.8) is 0 Å². The van der Waals surface area contributed by atoms with Crippen LogP contribution in [-0.4, -0.2) is 31.8 Å². The van der Waals surface area contributed by atoms with Gasteiger partial charge >= 0.3 is 0 Å². The number of pyridine rings is 1. The van der Waals surface area contributed by atoms with Crippen LogP contribution in [0.3, 0.4) is 0 Å². The first-order valence-electron chi connectivity index (χ1n) is 10.8. The Morgan fingerprint density at radius 3 is 2.18 bits per heavy atom. The molecule has 2 aromatic carbocycles. The number of carbonyl (C=O) groups excluding carboxylic acids is 2. The van der Waals surface area contributed by atoms with Gasteiger partial charge in [-0.1, -0.05) is 25.6 Å². The van der Waals surface area contributed by atoms with Crippen molar-refractivity contribution < 1.29 is 18.0 Å². The van der Waals surface area contributed by atoms with E-state index < -0.39 is 10.0 Å². The standard InChI is InChI=1S/C24H26N4O4S2/c1-3-15-25-24(30)17-5-14-23(26-16-17)33-20-10-6-19(7-11-20)28-34(31,32)21-12-8-18(9-13-21)27-22(29)4-2/h5-14,16,28H,3-4,15H2,1-2H3,(H,25,30)(H,27,29). The smallest absolute Gasteiger partial charge is 0.261 e. The molecule has 1 heterocycles. The lowest BCUT2D eigenvalue weighted by molar-refractivity contribution is -0.115. The summed E-state index contributed by atoms with van der Waals surface area (Å²) < 4.78 is 27.9. The Balaban J connectivity index is 1.61. The van der Waals surface area contributed by atoms with Gasteiger partial charge in [-0.15, -0.1) is 0 Å². The predicted octanol–water partition coefficient (Wildman–Crippen LogP) is 4.52. The maximum absolute atomic E-state index is 12.7. The Bertz CT molecular complexity index is 1230. The van der Waals surface area contributed by atoms with Gasteiger partial charge in [0, 0.05) is 35.4 Å². The van der Waals surface area contributed by atoms with Gasteiger partial charge < -0.3 is 10.6 Å². The molecule has 0 unspecified atom stereocenters. The molecule has 10 heteroatoms. The number of aromatic nitrogens is 1. The van der Waals surface area contributed by atoms with Crippen LogP contribution in [0.2, 0.25) is 0 Å². The molecule has 0 bridgehead atoms. The minimum atomic E-state index is -3.78. The van der Waals surface area contributed by atoms with Crippen LogP contribution < -0.4 is 15.4 Å². The Morgan fingerprint density at radius 1 is 0.912 bits per heavy atom. The quantitative estimate of drug-likeness (QED) is 0.378. The number of hydrogen-bond acceptors (Lipinski definition) is 6. The highest BCUT2D eigenvalue weighted by Crippen LogP contribution is 2.28. The van der Waals surface area contributed by atoms with Gasteiger partial charge in [0.2, 0.25) is 5.91 Å². The molecule has 0 saturated carbocycles. The van der Waals surface area contributed by atoms with Crippen LogP contribution in [0.15, 0.2) is 81.7 Å². The second kappa shape index (κ2) is 11.7. The van der Waals surface area contributed by atoms with Gasteiger partial charge in [0.25, 0.3) is 15.9 Å². The third-order valence-corrected chi connectivity index (χ3v) is 6.99. The lowest BCUT2D eigenvalue weighted by atomic mass is 10.2. The summed E-state index contributed by atoms with van der Waals surface area (Å²) in [6, 6.07) is 16.4. The number of hydrogen-bond donors (Lipinski definition) is 3. The summed E-state index contributed by atoms with van der Waals surface area (Å²) in [6.45, 7) is 4.35. The molecule has 2 amide bonds. The van der Waals surface area contributed by atoms with Crippen molar-refractivity contribution in [1.82, 2.24) is 10.3 Å². The average Bonchev–Trinajstić information content (AvgIpc) is 2.84. The molecule has 8 nitrogen and oxygen atoms in total. The molecule has 1 aromatic heterocycles. The number of sulfonamides is 1. The van der Waals surface area contributed by atoms with Gasteiger partial charge in [0.15, 0.2) is 0 Å². The minimum Gasteiger partial charge on any atom is -0.352 e. The molecule has 0 aliphatic rings. The maximum atomic E-state index is 12.7. The van der Waals surface area contributed by atoms with Crippen LogP contribution in [0.4, 0.5) is 11.4 Å². The van der Waals surface area contributed by atoms with E-state index in [2.05, 4.69) is 20.3 Å². The van der Waals surface area contributed by atoms with Crippen molar-refractivity contribution in [1.29, 1.82) is 0 Å². The number of nitrogens with zero attached hydrogens (tertiary/aromatic N) is 1. The Hall–Kier alpha value is -3.37. The molecule has 0 atom stereocenters. The van der Waals surface area contributed by atoms with Gasteiger partial charge in [-0.05, 0) is 67.1 Å². The molecule has 0 saturated heterocycles. The predicted molar refractivity (Wildman–Crippen MR) is 134 cm³/mol. The largest absolute Gasteiger partial charge is 0.352 e. The third kappa shape index (κ3) is 7.06. The third-order valence-electron chi connectivity index (χ3n) is 4.63. The first-order valence-corrected chi connectivity index (χ1v) is 13.1. The number of nitrogens with one attached hydrogen (secondary N) is 3. The second-order valence-electron chi connectivity index (χ2n) is 7.30. The highest BCUT2D eigenvalue weighted by atomic mass is 32.2. The number of benzene rings is 2. The van der Waals surface area contributed by atoms with E-state index >= 15 is 0 Å². The van der Waals surface area contributed by atoms with Gasteiger partial charge in [-0.25, -0.2) is 13.4 Å². The second-order valence-corrected chi connectivity index (χ2v) is 10.1. The summed E-state index contributed by atoms with van der Waals surface area (Å²) in [6.07, 6.45) is 2.74. The first kappa shape index (κ1) is 25.3. The summed E-state index contributed by atoms with van der Waals surface area (Å²) in [4.78, 5) is 28.7. The van der Waals surface area contributed by atoms with E-state index in [1.165, 1.54) is 30.1 Å². The number of amides is 2. The molecule has 3 aromatic rings. The average molecular weight is 499 g/mol. The Labute approximate surface area is 203 Å². The molecule has 0 fully saturated rings. The molecule has 0 radical (unpaired) electrons. The zero-order chi connectivity index (χ0) is 24.6. The van der Waals surface area contributed by atoms with Crippen molar-refractivity contribution in [3.8, 4) is 0 Å². The van der Waals surface area contributed by atoms with Crippen molar-refractivity contribution in [2.45, 2.75) is 41.5 Å². The van der Waals surface area contributed by atoms with Gasteiger partial charge in [0.1, 0.15) is 5.03 Å². The summed E-state index contributed by atoms with van der Waals surface area (Å²) in [5, 5.41) is 6.21. The lowest BCUT2D eigenvalue weighted by Crippen LogP contribution is -2.23. The molecule has 178 valence electrons. The normalized spacial score (nSPS) is 11.0. The molecule has 34 heavy (non-hydrogen) atoms. The Morgan fingerprint density at radius 2 is 1.59 bits per heavy atom. The van der Waals surface area contributed by atoms with Crippen LogP contribution >= 0.6 is 11.8 Å². The van der Waals surface area contributed by atoms with E-state index in [0.717, 1.165) is 16.3 Å². The fourth-order valence-corrected chi connectivity index (χ4v) is 4.62. The molecule has 0 spiro atoms. The highest BCUT2D eigenvalue weighted by Gasteiger charge is 2.14. The van der Waals surface area contributed by atoms with E-state index in [9.17, 15) is 18.0 Å². The van der Waals surface area contributed by atoms with Crippen LogP contribution in [0.25, 0.3) is 0 Å². The van der Waals surface area contributed by atoms with Crippen LogP contribution in [-0.2, 0) is 14.8 Å². The van der Waals surface area contributed by atoms with E-state index in [4.69, 9.17) is 0 Å². The van der Waals surface area contributed by atoms with Crippen LogP contribution in [0.1, 0.15) is 37.0 Å². The number of rotatable bonds is 10. The van der Waals surface area contributed by atoms with Gasteiger partial charge in [-0.2, -0.15) is 0 Å². The summed E-state index contributed by atoms with van der Waals surface area (Å²) in [5.74, 6) is -0.293. The van der Waals surface area contributed by atoms with Crippen LogP contribution in [0, 0.1) is 0 Å². The van der Waals surface area contributed by atoms with Crippen molar-refractivity contribution in [2.24, 2.45) is 0 Å². The summed E-state index contributed by atoms with van der Waals surface area (Å²) in [5.41, 5.74) is 1.46. The van der Waals surface area contributed by atoms with Crippen molar-refractivity contribution in [3.05, 3.63) is 72.4 Å². The molecular formula is C24H26N4O4S2. The Kier molecular flexibility index (Phi) is 8.67. The molecule has 0 aliphatic carbocycles. The minimum absolute atomic E-state index is 0.0905. The summed E-state index contributed by atoms with van der Waals surface area (Å²) in [7, 11) is -3.78. The topological polar surface area (TPSA) is 117 Å². The van der Waals surface area contributed by atoms with Crippen molar-refractivity contribution >= 4 is 45.0 Å². The van der Waals surface area contributed by atoms with E-state index in [1.807, 2.05) is 6.92 Å².